The lowest BCUT2D eigenvalue weighted by atomic mass is 10.2. The minimum Gasteiger partial charge on any atom is -0.478 e. The fourth-order valence-corrected chi connectivity index (χ4v) is 1.20. The smallest absolute Gasteiger partial charge is 0.213 e. The zero-order valence-electron chi connectivity index (χ0n) is 10.4. The van der Waals surface area contributed by atoms with Crippen LogP contribution in [0.25, 0.3) is 0 Å². The average Bonchev–Trinajstić information content (AvgIpc) is 2.32. The number of anilines is 1. The fourth-order valence-electron chi connectivity index (χ4n) is 1.20. The molecule has 0 atom stereocenters. The molecule has 0 aliphatic rings. The first-order valence-electron chi connectivity index (χ1n) is 5.65. The summed E-state index contributed by atoms with van der Waals surface area (Å²) in [6.45, 7) is 4.42. The van der Waals surface area contributed by atoms with Crippen LogP contribution < -0.4 is 10.5 Å². The van der Waals surface area contributed by atoms with Gasteiger partial charge in [-0.2, -0.15) is 0 Å². The molecule has 5 heteroatoms. The molecule has 0 saturated carbocycles. The van der Waals surface area contributed by atoms with E-state index in [4.69, 9.17) is 19.9 Å². The molecule has 1 aromatic heterocycles. The number of aryl methyl sites for hydroxylation is 1. The number of nitrogens with two attached hydrogens (primary N) is 1. The number of nitrogens with zero attached hydrogens (tertiary/aromatic N) is 1. The Labute approximate surface area is 102 Å². The van der Waals surface area contributed by atoms with E-state index in [1.54, 1.807) is 13.3 Å². The number of rotatable bonds is 8. The van der Waals surface area contributed by atoms with Crippen LogP contribution in [0.4, 0.5) is 5.69 Å². The molecule has 0 aliphatic carbocycles. The second-order valence-electron chi connectivity index (χ2n) is 3.69. The van der Waals surface area contributed by atoms with Crippen molar-refractivity contribution in [1.82, 2.24) is 4.98 Å². The fraction of sp³-hybridized carbons (Fsp3) is 0.583. The molecule has 1 rings (SSSR count). The van der Waals surface area contributed by atoms with Crippen LogP contribution in [0.15, 0.2) is 12.3 Å². The predicted molar refractivity (Wildman–Crippen MR) is 66.2 cm³/mol. The Hall–Kier alpha value is -1.33. The van der Waals surface area contributed by atoms with Crippen LogP contribution >= 0.6 is 0 Å². The maximum absolute atomic E-state index is 5.66. The van der Waals surface area contributed by atoms with Gasteiger partial charge in [0.25, 0.3) is 0 Å². The van der Waals surface area contributed by atoms with E-state index in [9.17, 15) is 0 Å². The monoisotopic (exact) mass is 240 g/mol. The normalized spacial score (nSPS) is 10.5. The van der Waals surface area contributed by atoms with Crippen molar-refractivity contribution in [1.29, 1.82) is 0 Å². The molecule has 1 heterocycles. The Bertz CT molecular complexity index is 332. The molecule has 17 heavy (non-hydrogen) atoms. The molecule has 0 aromatic carbocycles. The van der Waals surface area contributed by atoms with Crippen molar-refractivity contribution in [2.45, 2.75) is 13.3 Å². The van der Waals surface area contributed by atoms with Crippen LogP contribution in [0.3, 0.4) is 0 Å². The topological polar surface area (TPSA) is 66.6 Å². The van der Waals surface area contributed by atoms with E-state index in [0.717, 1.165) is 12.0 Å². The highest BCUT2D eigenvalue weighted by Crippen LogP contribution is 2.14. The van der Waals surface area contributed by atoms with E-state index >= 15 is 0 Å². The first-order chi connectivity index (χ1) is 8.24. The van der Waals surface area contributed by atoms with Crippen LogP contribution in [0.1, 0.15) is 12.0 Å². The average molecular weight is 240 g/mol. The molecule has 0 fully saturated rings. The number of pyridine rings is 1. The summed E-state index contributed by atoms with van der Waals surface area (Å²) in [6, 6.07) is 1.83. The van der Waals surface area contributed by atoms with Crippen molar-refractivity contribution in [3.8, 4) is 5.88 Å². The minimum atomic E-state index is 0.587. The van der Waals surface area contributed by atoms with Crippen LogP contribution in [0.5, 0.6) is 5.88 Å². The van der Waals surface area contributed by atoms with Gasteiger partial charge in [0.1, 0.15) is 0 Å². The Morgan fingerprint density at radius 2 is 2.06 bits per heavy atom. The molecule has 1 aromatic rings. The van der Waals surface area contributed by atoms with Gasteiger partial charge in [-0.05, 0) is 12.5 Å². The van der Waals surface area contributed by atoms with E-state index in [1.807, 2.05) is 13.0 Å². The quantitative estimate of drug-likeness (QED) is 0.696. The summed E-state index contributed by atoms with van der Waals surface area (Å²) in [5, 5.41) is 0. The van der Waals surface area contributed by atoms with Crippen molar-refractivity contribution in [2.24, 2.45) is 0 Å². The molecule has 0 unspecified atom stereocenters. The molecular weight excluding hydrogens is 220 g/mol. The summed E-state index contributed by atoms with van der Waals surface area (Å²) in [5.41, 5.74) is 7.32. The summed E-state index contributed by atoms with van der Waals surface area (Å²) >= 11 is 0. The molecule has 0 spiro atoms. The van der Waals surface area contributed by atoms with Gasteiger partial charge in [-0.25, -0.2) is 4.98 Å². The van der Waals surface area contributed by atoms with Crippen LogP contribution in [-0.4, -0.2) is 38.5 Å². The highest BCUT2D eigenvalue weighted by Gasteiger charge is 1.99. The van der Waals surface area contributed by atoms with Crippen molar-refractivity contribution in [3.63, 3.8) is 0 Å². The van der Waals surface area contributed by atoms with Gasteiger partial charge < -0.3 is 19.9 Å². The first-order valence-corrected chi connectivity index (χ1v) is 5.65. The summed E-state index contributed by atoms with van der Waals surface area (Å²) in [7, 11) is 1.65. The first kappa shape index (κ1) is 13.7. The number of methoxy groups -OCH3 is 1. The Morgan fingerprint density at radius 3 is 2.76 bits per heavy atom. The molecule has 0 radical (unpaired) electrons. The van der Waals surface area contributed by atoms with E-state index < -0.39 is 0 Å². The van der Waals surface area contributed by atoms with E-state index in [0.29, 0.717) is 38.0 Å². The van der Waals surface area contributed by atoms with Gasteiger partial charge in [-0.3, -0.25) is 0 Å². The second-order valence-corrected chi connectivity index (χ2v) is 3.69. The maximum Gasteiger partial charge on any atom is 0.213 e. The third kappa shape index (κ3) is 5.51. The minimum absolute atomic E-state index is 0.587. The molecular formula is C12H20N2O3. The zero-order valence-corrected chi connectivity index (χ0v) is 10.4. The Morgan fingerprint density at radius 1 is 1.24 bits per heavy atom. The summed E-state index contributed by atoms with van der Waals surface area (Å²) in [6.07, 6.45) is 2.44. The highest BCUT2D eigenvalue weighted by molar-refractivity contribution is 5.45. The molecule has 0 bridgehead atoms. The molecule has 96 valence electrons. The SMILES string of the molecule is COCCOCCCOc1cc(C)c(N)cn1. The highest BCUT2D eigenvalue weighted by atomic mass is 16.5. The van der Waals surface area contributed by atoms with Crippen molar-refractivity contribution < 1.29 is 14.2 Å². The largest absolute Gasteiger partial charge is 0.478 e. The van der Waals surface area contributed by atoms with Crippen LogP contribution in [-0.2, 0) is 9.47 Å². The predicted octanol–water partition coefficient (Wildman–Crippen LogP) is 1.40. The lowest BCUT2D eigenvalue weighted by Gasteiger charge is -2.07. The van der Waals surface area contributed by atoms with Gasteiger partial charge in [0, 0.05) is 26.2 Å². The third-order valence-corrected chi connectivity index (χ3v) is 2.24. The number of ether oxygens (including phenoxy) is 3. The van der Waals surface area contributed by atoms with Crippen LogP contribution in [0.2, 0.25) is 0 Å². The summed E-state index contributed by atoms with van der Waals surface area (Å²) in [4.78, 5) is 4.08. The van der Waals surface area contributed by atoms with Crippen molar-refractivity contribution in [3.05, 3.63) is 17.8 Å². The molecule has 0 amide bonds. The van der Waals surface area contributed by atoms with Gasteiger partial charge in [-0.15, -0.1) is 0 Å². The Balaban J connectivity index is 2.11. The van der Waals surface area contributed by atoms with Crippen molar-refractivity contribution >= 4 is 5.69 Å². The van der Waals surface area contributed by atoms with Crippen LogP contribution in [0, 0.1) is 6.92 Å². The summed E-state index contributed by atoms with van der Waals surface area (Å²) in [5.74, 6) is 0.605. The number of hydrogen-bond acceptors (Lipinski definition) is 5. The molecule has 0 aliphatic heterocycles. The number of nitrogen functional groups attached to an aromatic ring is 1. The lowest BCUT2D eigenvalue weighted by Crippen LogP contribution is -2.07. The van der Waals surface area contributed by atoms with Gasteiger partial charge in [0.2, 0.25) is 5.88 Å². The van der Waals surface area contributed by atoms with Gasteiger partial charge in [0.05, 0.1) is 31.7 Å². The zero-order chi connectivity index (χ0) is 12.5. The van der Waals surface area contributed by atoms with E-state index in [1.165, 1.54) is 0 Å². The molecule has 5 nitrogen and oxygen atoms in total. The van der Waals surface area contributed by atoms with E-state index in [-0.39, 0.29) is 0 Å². The van der Waals surface area contributed by atoms with E-state index in [2.05, 4.69) is 4.98 Å². The maximum atomic E-state index is 5.66. The standard InChI is InChI=1S/C12H20N2O3/c1-10-8-12(14-9-11(10)13)17-5-3-4-16-7-6-15-2/h8-9H,3-7,13H2,1-2H3. The number of aromatic nitrogens is 1. The van der Waals surface area contributed by atoms with Crippen molar-refractivity contribution in [2.75, 3.05) is 39.3 Å². The third-order valence-electron chi connectivity index (χ3n) is 2.24. The molecule has 0 saturated heterocycles. The van der Waals surface area contributed by atoms with Gasteiger partial charge in [0.15, 0.2) is 0 Å². The van der Waals surface area contributed by atoms with Gasteiger partial charge >= 0.3 is 0 Å². The summed E-state index contributed by atoms with van der Waals surface area (Å²) < 4.78 is 15.6. The molecule has 2 N–H and O–H groups in total. The lowest BCUT2D eigenvalue weighted by molar-refractivity contribution is 0.0642. The number of hydrogen-bond donors (Lipinski definition) is 1. The Kier molecular flexibility index (Phi) is 6.35. The second kappa shape index (κ2) is 7.86. The van der Waals surface area contributed by atoms with Gasteiger partial charge in [-0.1, -0.05) is 0 Å².